The number of nitrogens with zero attached hydrogens (tertiary/aromatic N) is 1. The van der Waals surface area contributed by atoms with E-state index in [4.69, 9.17) is 11.6 Å². The van der Waals surface area contributed by atoms with Gasteiger partial charge in [0.05, 0.1) is 11.4 Å². The maximum atomic E-state index is 12.7. The van der Waals surface area contributed by atoms with Gasteiger partial charge in [0, 0.05) is 5.02 Å². The number of benzene rings is 2. The predicted octanol–water partition coefficient (Wildman–Crippen LogP) is 4.32. The zero-order valence-electron chi connectivity index (χ0n) is 9.82. The summed E-state index contributed by atoms with van der Waals surface area (Å²) in [6.45, 7) is 1.88. The number of halogens is 2. The van der Waals surface area contributed by atoms with Crippen LogP contribution in [-0.2, 0) is 0 Å². The van der Waals surface area contributed by atoms with Crippen LogP contribution in [0.3, 0.4) is 0 Å². The van der Waals surface area contributed by atoms with Crippen LogP contribution in [0, 0.1) is 5.82 Å². The van der Waals surface area contributed by atoms with Crippen molar-refractivity contribution in [1.29, 1.82) is 0 Å². The Bertz CT molecular complexity index is 564. The molecule has 0 fully saturated rings. The van der Waals surface area contributed by atoms with Crippen LogP contribution in [-0.4, -0.2) is 5.71 Å². The lowest BCUT2D eigenvalue weighted by Gasteiger charge is -2.04. The molecule has 0 aliphatic rings. The van der Waals surface area contributed by atoms with E-state index in [2.05, 4.69) is 10.5 Å². The number of rotatable bonds is 3. The number of hydrogen-bond acceptors (Lipinski definition) is 2. The predicted molar refractivity (Wildman–Crippen MR) is 73.7 cm³/mol. The van der Waals surface area contributed by atoms with Crippen LogP contribution < -0.4 is 5.43 Å². The average molecular weight is 263 g/mol. The minimum absolute atomic E-state index is 0.268. The SMILES string of the molecule is C/C(=N/Nc1ccc(F)cc1)c1cccc(Cl)c1. The Morgan fingerprint density at radius 3 is 2.56 bits per heavy atom. The van der Waals surface area contributed by atoms with Gasteiger partial charge in [0.2, 0.25) is 0 Å². The second-order valence-corrected chi connectivity index (χ2v) is 4.26. The lowest BCUT2D eigenvalue weighted by atomic mass is 10.1. The van der Waals surface area contributed by atoms with E-state index in [0.29, 0.717) is 5.02 Å². The van der Waals surface area contributed by atoms with Crippen molar-refractivity contribution < 1.29 is 4.39 Å². The summed E-state index contributed by atoms with van der Waals surface area (Å²) in [5.74, 6) is -0.268. The highest BCUT2D eigenvalue weighted by atomic mass is 35.5. The van der Waals surface area contributed by atoms with Gasteiger partial charge in [-0.15, -0.1) is 0 Å². The van der Waals surface area contributed by atoms with Gasteiger partial charge in [-0.3, -0.25) is 5.43 Å². The van der Waals surface area contributed by atoms with Crippen molar-refractivity contribution in [2.45, 2.75) is 6.92 Å². The van der Waals surface area contributed by atoms with E-state index in [1.807, 2.05) is 31.2 Å². The molecule has 0 saturated carbocycles. The van der Waals surface area contributed by atoms with Crippen LogP contribution in [0.5, 0.6) is 0 Å². The lowest BCUT2D eigenvalue weighted by molar-refractivity contribution is 0.628. The molecule has 2 aromatic carbocycles. The minimum atomic E-state index is -0.268. The van der Waals surface area contributed by atoms with Crippen LogP contribution >= 0.6 is 11.6 Å². The largest absolute Gasteiger partial charge is 0.278 e. The first-order valence-corrected chi connectivity index (χ1v) is 5.85. The Morgan fingerprint density at radius 2 is 1.89 bits per heavy atom. The summed E-state index contributed by atoms with van der Waals surface area (Å²) in [4.78, 5) is 0. The van der Waals surface area contributed by atoms with E-state index < -0.39 is 0 Å². The standard InChI is InChI=1S/C14H12ClFN2/c1-10(11-3-2-4-12(15)9-11)17-18-14-7-5-13(16)6-8-14/h2-9,18H,1H3/b17-10-. The summed E-state index contributed by atoms with van der Waals surface area (Å²) in [6, 6.07) is 13.5. The van der Waals surface area contributed by atoms with Crippen LogP contribution in [0.25, 0.3) is 0 Å². The summed E-state index contributed by atoms with van der Waals surface area (Å²) >= 11 is 5.91. The molecule has 0 aliphatic heterocycles. The molecular weight excluding hydrogens is 251 g/mol. The highest BCUT2D eigenvalue weighted by Crippen LogP contribution is 2.12. The lowest BCUT2D eigenvalue weighted by Crippen LogP contribution is -1.99. The zero-order valence-corrected chi connectivity index (χ0v) is 10.6. The van der Waals surface area contributed by atoms with Crippen LogP contribution in [0.1, 0.15) is 12.5 Å². The maximum Gasteiger partial charge on any atom is 0.123 e. The quantitative estimate of drug-likeness (QED) is 0.647. The summed E-state index contributed by atoms with van der Waals surface area (Å²) in [5, 5.41) is 4.89. The van der Waals surface area contributed by atoms with Crippen LogP contribution in [0.4, 0.5) is 10.1 Å². The Labute approximate surface area is 110 Å². The molecule has 4 heteroatoms. The Kier molecular flexibility index (Phi) is 3.95. The Morgan fingerprint density at radius 1 is 1.17 bits per heavy atom. The van der Waals surface area contributed by atoms with E-state index in [9.17, 15) is 4.39 Å². The topological polar surface area (TPSA) is 24.4 Å². The van der Waals surface area contributed by atoms with Crippen molar-refractivity contribution in [3.05, 3.63) is 64.9 Å². The molecule has 2 aromatic rings. The van der Waals surface area contributed by atoms with Gasteiger partial charge in [-0.2, -0.15) is 5.10 Å². The molecule has 1 N–H and O–H groups in total. The molecule has 18 heavy (non-hydrogen) atoms. The van der Waals surface area contributed by atoms with E-state index in [-0.39, 0.29) is 5.82 Å². The van der Waals surface area contributed by atoms with E-state index in [1.165, 1.54) is 12.1 Å². The highest BCUT2D eigenvalue weighted by Gasteiger charge is 1.98. The first kappa shape index (κ1) is 12.6. The van der Waals surface area contributed by atoms with Gasteiger partial charge >= 0.3 is 0 Å². The molecule has 0 atom stereocenters. The first-order chi connectivity index (χ1) is 8.65. The third-order valence-corrected chi connectivity index (χ3v) is 2.67. The van der Waals surface area contributed by atoms with Crippen molar-refractivity contribution in [2.75, 3.05) is 5.43 Å². The van der Waals surface area contributed by atoms with Crippen molar-refractivity contribution in [2.24, 2.45) is 5.10 Å². The molecule has 0 unspecified atom stereocenters. The molecule has 0 radical (unpaired) electrons. The molecule has 2 nitrogen and oxygen atoms in total. The summed E-state index contributed by atoms with van der Waals surface area (Å²) in [6.07, 6.45) is 0. The first-order valence-electron chi connectivity index (χ1n) is 5.47. The molecule has 0 spiro atoms. The molecule has 0 amide bonds. The number of hydrazone groups is 1. The fraction of sp³-hybridized carbons (Fsp3) is 0.0714. The highest BCUT2D eigenvalue weighted by molar-refractivity contribution is 6.31. The molecule has 2 rings (SSSR count). The second kappa shape index (κ2) is 5.65. The van der Waals surface area contributed by atoms with Crippen molar-refractivity contribution in [3.8, 4) is 0 Å². The molecule has 0 bridgehead atoms. The number of anilines is 1. The Balaban J connectivity index is 2.11. The second-order valence-electron chi connectivity index (χ2n) is 3.83. The zero-order chi connectivity index (χ0) is 13.0. The van der Waals surface area contributed by atoms with Gasteiger partial charge in [0.15, 0.2) is 0 Å². The van der Waals surface area contributed by atoms with Gasteiger partial charge in [-0.05, 0) is 48.9 Å². The van der Waals surface area contributed by atoms with Gasteiger partial charge < -0.3 is 0 Å². The van der Waals surface area contributed by atoms with E-state index >= 15 is 0 Å². The number of hydrogen-bond donors (Lipinski definition) is 1. The summed E-state index contributed by atoms with van der Waals surface area (Å²) in [5.41, 5.74) is 5.35. The normalized spacial score (nSPS) is 11.4. The Hall–Kier alpha value is -1.87. The fourth-order valence-electron chi connectivity index (χ4n) is 1.45. The van der Waals surface area contributed by atoms with Gasteiger partial charge in [0.1, 0.15) is 5.82 Å². The molecule has 92 valence electrons. The van der Waals surface area contributed by atoms with E-state index in [0.717, 1.165) is 17.0 Å². The molecule has 0 heterocycles. The third kappa shape index (κ3) is 3.31. The summed E-state index contributed by atoms with van der Waals surface area (Å²) < 4.78 is 12.7. The minimum Gasteiger partial charge on any atom is -0.278 e. The van der Waals surface area contributed by atoms with E-state index in [1.54, 1.807) is 12.1 Å². The fourth-order valence-corrected chi connectivity index (χ4v) is 1.64. The molecular formula is C14H12ClFN2. The van der Waals surface area contributed by atoms with Gasteiger partial charge in [-0.25, -0.2) is 4.39 Å². The summed E-state index contributed by atoms with van der Waals surface area (Å²) in [7, 11) is 0. The number of nitrogens with one attached hydrogen (secondary N) is 1. The molecule has 0 aromatic heterocycles. The van der Waals surface area contributed by atoms with Crippen molar-refractivity contribution >= 4 is 23.0 Å². The van der Waals surface area contributed by atoms with Crippen LogP contribution in [0.15, 0.2) is 53.6 Å². The van der Waals surface area contributed by atoms with Crippen LogP contribution in [0.2, 0.25) is 5.02 Å². The average Bonchev–Trinajstić information content (AvgIpc) is 2.38. The monoisotopic (exact) mass is 262 g/mol. The molecule has 0 saturated heterocycles. The molecule has 0 aliphatic carbocycles. The van der Waals surface area contributed by atoms with Crippen molar-refractivity contribution in [1.82, 2.24) is 0 Å². The maximum absolute atomic E-state index is 12.7. The smallest absolute Gasteiger partial charge is 0.123 e. The van der Waals surface area contributed by atoms with Crippen molar-refractivity contribution in [3.63, 3.8) is 0 Å². The van der Waals surface area contributed by atoms with Gasteiger partial charge in [0.25, 0.3) is 0 Å². The third-order valence-electron chi connectivity index (χ3n) is 2.44. The van der Waals surface area contributed by atoms with Gasteiger partial charge in [-0.1, -0.05) is 23.7 Å².